The molecule has 2 aromatic heterocycles. The molecule has 0 bridgehead atoms. The van der Waals surface area contributed by atoms with Crippen molar-refractivity contribution in [3.05, 3.63) is 79.2 Å². The van der Waals surface area contributed by atoms with E-state index < -0.39 is 4.92 Å². The lowest BCUT2D eigenvalue weighted by Crippen LogP contribution is -1.90. The summed E-state index contributed by atoms with van der Waals surface area (Å²) in [6.07, 6.45) is 1.59. The fourth-order valence-corrected chi connectivity index (χ4v) is 4.39. The van der Waals surface area contributed by atoms with Gasteiger partial charge in [0.15, 0.2) is 0 Å². The van der Waals surface area contributed by atoms with Crippen molar-refractivity contribution < 1.29 is 9.34 Å². The molecule has 2 heterocycles. The molecular weight excluding hydrogens is 504 g/mol. The molecule has 0 fully saturated rings. The minimum atomic E-state index is -0.470. The number of furan rings is 1. The number of nitro benzene ring substituents is 1. The van der Waals surface area contributed by atoms with Crippen molar-refractivity contribution in [1.82, 2.24) is 9.97 Å². The fourth-order valence-electron chi connectivity index (χ4n) is 2.84. The van der Waals surface area contributed by atoms with Gasteiger partial charge in [0, 0.05) is 32.7 Å². The Labute approximate surface area is 181 Å². The van der Waals surface area contributed by atoms with E-state index in [2.05, 4.69) is 47.9 Å². The molecule has 4 rings (SSSR count). The van der Waals surface area contributed by atoms with E-state index in [4.69, 9.17) is 4.42 Å². The highest BCUT2D eigenvalue weighted by atomic mass is 79.9. The molecule has 9 heteroatoms. The molecule has 2 aromatic carbocycles. The first-order valence-electron chi connectivity index (χ1n) is 8.27. The summed E-state index contributed by atoms with van der Waals surface area (Å²) in [6, 6.07) is 15.9. The molecule has 4 aromatic rings. The van der Waals surface area contributed by atoms with Crippen LogP contribution in [0.5, 0.6) is 0 Å². The summed E-state index contributed by atoms with van der Waals surface area (Å²) in [5.41, 5.74) is 2.52. The van der Waals surface area contributed by atoms with Crippen molar-refractivity contribution in [2.75, 3.05) is 0 Å². The summed E-state index contributed by atoms with van der Waals surface area (Å²) >= 11 is 6.71. The van der Waals surface area contributed by atoms with Gasteiger partial charge in [-0.15, -0.1) is 0 Å². The van der Waals surface area contributed by atoms with Crippen LogP contribution in [0, 0.1) is 21.4 Å². The van der Waals surface area contributed by atoms with Crippen LogP contribution < -0.4 is 0 Å². The Morgan fingerprint density at radius 3 is 2.59 bits per heavy atom. The molecule has 0 unspecified atom stereocenters. The number of aromatic amines is 1. The number of benzene rings is 2. The molecule has 0 amide bonds. The Kier molecular flexibility index (Phi) is 5.05. The van der Waals surface area contributed by atoms with Crippen LogP contribution in [-0.2, 0) is 0 Å². The van der Waals surface area contributed by atoms with Crippen molar-refractivity contribution >= 4 is 60.2 Å². The number of hydrogen-bond donors (Lipinski definition) is 1. The Hall–Kier alpha value is -3.22. The van der Waals surface area contributed by atoms with Gasteiger partial charge in [0.2, 0.25) is 0 Å². The summed E-state index contributed by atoms with van der Waals surface area (Å²) in [4.78, 5) is 18.1. The first-order valence-corrected chi connectivity index (χ1v) is 9.85. The highest BCUT2D eigenvalue weighted by molar-refractivity contribution is 9.11. The van der Waals surface area contributed by atoms with Gasteiger partial charge in [0.05, 0.1) is 21.5 Å². The minimum absolute atomic E-state index is 0.0455. The number of allylic oxidation sites excluding steroid dienone is 1. The number of para-hydroxylation sites is 2. The van der Waals surface area contributed by atoms with Gasteiger partial charge in [-0.2, -0.15) is 5.26 Å². The number of rotatable bonds is 4. The van der Waals surface area contributed by atoms with Crippen LogP contribution in [0.3, 0.4) is 0 Å². The molecular formula is C20H10Br2N4O3. The summed E-state index contributed by atoms with van der Waals surface area (Å²) in [6.45, 7) is 0. The monoisotopic (exact) mass is 512 g/mol. The third-order valence-corrected chi connectivity index (χ3v) is 5.41. The average Bonchev–Trinajstić information content (AvgIpc) is 3.32. The first-order chi connectivity index (χ1) is 14.0. The lowest BCUT2D eigenvalue weighted by molar-refractivity contribution is -0.385. The summed E-state index contributed by atoms with van der Waals surface area (Å²) in [7, 11) is 0. The zero-order valence-corrected chi connectivity index (χ0v) is 17.7. The number of nitrogens with one attached hydrogen (secondary N) is 1. The number of nitro groups is 1. The lowest BCUT2D eigenvalue weighted by atomic mass is 10.1. The predicted octanol–water partition coefficient (Wildman–Crippen LogP) is 6.32. The van der Waals surface area contributed by atoms with Gasteiger partial charge in [-0.3, -0.25) is 10.1 Å². The minimum Gasteiger partial charge on any atom is -0.457 e. The second-order valence-electron chi connectivity index (χ2n) is 6.02. The van der Waals surface area contributed by atoms with Crippen LogP contribution in [-0.4, -0.2) is 14.9 Å². The molecule has 0 saturated heterocycles. The molecule has 0 aliphatic carbocycles. The normalized spacial score (nSPS) is 11.6. The molecule has 142 valence electrons. The van der Waals surface area contributed by atoms with Crippen molar-refractivity contribution in [3.63, 3.8) is 0 Å². The zero-order valence-electron chi connectivity index (χ0n) is 14.5. The second kappa shape index (κ2) is 7.66. The van der Waals surface area contributed by atoms with E-state index in [1.165, 1.54) is 12.1 Å². The maximum absolute atomic E-state index is 11.0. The van der Waals surface area contributed by atoms with E-state index in [0.29, 0.717) is 37.4 Å². The van der Waals surface area contributed by atoms with Gasteiger partial charge in [-0.1, -0.05) is 12.1 Å². The molecule has 0 radical (unpaired) electrons. The van der Waals surface area contributed by atoms with E-state index in [9.17, 15) is 15.4 Å². The van der Waals surface area contributed by atoms with Crippen LogP contribution in [0.4, 0.5) is 5.69 Å². The zero-order chi connectivity index (χ0) is 20.5. The van der Waals surface area contributed by atoms with Crippen molar-refractivity contribution in [3.8, 4) is 17.4 Å². The van der Waals surface area contributed by atoms with Crippen molar-refractivity contribution in [2.45, 2.75) is 0 Å². The van der Waals surface area contributed by atoms with E-state index >= 15 is 0 Å². The number of nitriles is 1. The molecule has 0 atom stereocenters. The van der Waals surface area contributed by atoms with E-state index in [1.807, 2.05) is 24.3 Å². The largest absolute Gasteiger partial charge is 0.457 e. The SMILES string of the molecule is N#CC(=Cc1ccc(-c2c(Br)cc([N+](=O)[O-])cc2Br)o1)c1nc2ccccc2[nH]1. The van der Waals surface area contributed by atoms with Gasteiger partial charge >= 0.3 is 0 Å². The first kappa shape index (κ1) is 19.1. The maximum Gasteiger partial charge on any atom is 0.271 e. The topological polar surface area (TPSA) is 109 Å². The van der Waals surface area contributed by atoms with E-state index in [1.54, 1.807) is 18.2 Å². The molecule has 7 nitrogen and oxygen atoms in total. The third-order valence-electron chi connectivity index (χ3n) is 4.16. The second-order valence-corrected chi connectivity index (χ2v) is 7.72. The number of fused-ring (bicyclic) bond motifs is 1. The predicted molar refractivity (Wildman–Crippen MR) is 116 cm³/mol. The smallest absolute Gasteiger partial charge is 0.271 e. The Balaban J connectivity index is 1.72. The Morgan fingerprint density at radius 2 is 1.93 bits per heavy atom. The van der Waals surface area contributed by atoms with Crippen LogP contribution in [0.25, 0.3) is 34.0 Å². The summed E-state index contributed by atoms with van der Waals surface area (Å²) < 4.78 is 6.89. The molecule has 0 aliphatic heterocycles. The number of non-ortho nitro benzene ring substituents is 1. The standard InChI is InChI=1S/C20H10Br2N4O3/c21-14-8-12(26(27)28)9-15(22)19(14)18-6-5-13(29-18)7-11(10-23)20-24-16-3-1-2-4-17(16)25-20/h1-9H,(H,24,25). The molecule has 29 heavy (non-hydrogen) atoms. The lowest BCUT2D eigenvalue weighted by Gasteiger charge is -2.04. The number of imidazole rings is 1. The molecule has 0 spiro atoms. The van der Waals surface area contributed by atoms with Crippen LogP contribution in [0.15, 0.2) is 61.9 Å². The number of H-pyrrole nitrogens is 1. The number of nitrogens with zero attached hydrogens (tertiary/aromatic N) is 3. The van der Waals surface area contributed by atoms with Crippen molar-refractivity contribution in [1.29, 1.82) is 5.26 Å². The van der Waals surface area contributed by atoms with E-state index in [0.717, 1.165) is 11.0 Å². The average molecular weight is 514 g/mol. The highest BCUT2D eigenvalue weighted by Crippen LogP contribution is 2.39. The van der Waals surface area contributed by atoms with E-state index in [-0.39, 0.29) is 5.69 Å². The Morgan fingerprint density at radius 1 is 1.21 bits per heavy atom. The fraction of sp³-hybridized carbons (Fsp3) is 0. The van der Waals surface area contributed by atoms with Crippen LogP contribution in [0.1, 0.15) is 11.6 Å². The molecule has 0 aliphatic rings. The maximum atomic E-state index is 11.0. The van der Waals surface area contributed by atoms with Crippen molar-refractivity contribution in [2.24, 2.45) is 0 Å². The van der Waals surface area contributed by atoms with Crippen LogP contribution in [0.2, 0.25) is 0 Å². The number of halogens is 2. The van der Waals surface area contributed by atoms with Gasteiger partial charge < -0.3 is 9.40 Å². The molecule has 1 N–H and O–H groups in total. The van der Waals surface area contributed by atoms with Gasteiger partial charge in [-0.25, -0.2) is 4.98 Å². The number of hydrogen-bond acceptors (Lipinski definition) is 5. The van der Waals surface area contributed by atoms with Gasteiger partial charge in [0.1, 0.15) is 23.4 Å². The summed E-state index contributed by atoms with van der Waals surface area (Å²) in [5, 5.41) is 20.6. The van der Waals surface area contributed by atoms with Crippen LogP contribution >= 0.6 is 31.9 Å². The highest BCUT2D eigenvalue weighted by Gasteiger charge is 2.18. The van der Waals surface area contributed by atoms with Gasteiger partial charge in [-0.05, 0) is 56.1 Å². The third kappa shape index (κ3) is 3.72. The summed E-state index contributed by atoms with van der Waals surface area (Å²) in [5.74, 6) is 1.39. The quantitative estimate of drug-likeness (QED) is 0.195. The number of aromatic nitrogens is 2. The Bertz CT molecular complexity index is 1270. The molecule has 0 saturated carbocycles. The van der Waals surface area contributed by atoms with Gasteiger partial charge in [0.25, 0.3) is 5.69 Å².